The van der Waals surface area contributed by atoms with Crippen molar-refractivity contribution in [1.29, 1.82) is 0 Å². The minimum absolute atomic E-state index is 0.0236. The number of ether oxygens (including phenoxy) is 1. The van der Waals surface area contributed by atoms with Gasteiger partial charge in [-0.1, -0.05) is 72.8 Å². The molecule has 0 aliphatic rings. The van der Waals surface area contributed by atoms with Crippen molar-refractivity contribution in [2.75, 3.05) is 0 Å². The van der Waals surface area contributed by atoms with Crippen molar-refractivity contribution < 1.29 is 46.4 Å². The lowest BCUT2D eigenvalue weighted by Gasteiger charge is -2.18. The van der Waals surface area contributed by atoms with Crippen LogP contribution in [0.1, 0.15) is 22.3 Å². The van der Waals surface area contributed by atoms with E-state index in [2.05, 4.69) is 0 Å². The van der Waals surface area contributed by atoms with E-state index in [4.69, 9.17) is 4.74 Å². The number of phenolic OH excluding ortho intramolecular Hbond substituents is 3. The molecule has 10 heteroatoms. The second-order valence-corrected chi connectivity index (χ2v) is 10.8. The van der Waals surface area contributed by atoms with Crippen molar-refractivity contribution in [2.45, 2.75) is 25.6 Å². The first kappa shape index (κ1) is 30.8. The Balaban J connectivity index is 1.35. The molecule has 6 aromatic carbocycles. The molecule has 0 fully saturated rings. The number of halogens is 6. The fraction of sp³-hybridized carbons (Fsp3) is 0.111. The largest absolute Gasteiger partial charge is 0.507 e. The molecule has 0 bridgehead atoms. The summed E-state index contributed by atoms with van der Waals surface area (Å²) in [5.41, 5.74) is -2.43. The van der Waals surface area contributed by atoms with Crippen molar-refractivity contribution in [1.82, 2.24) is 0 Å². The van der Waals surface area contributed by atoms with Crippen LogP contribution < -0.4 is 0 Å². The molecular weight excluding hydrogens is 610 g/mol. The normalized spacial score (nSPS) is 12.2. The van der Waals surface area contributed by atoms with E-state index in [1.54, 1.807) is 24.3 Å². The number of para-hydroxylation sites is 1. The minimum atomic E-state index is -5.05. The van der Waals surface area contributed by atoms with Gasteiger partial charge in [-0.3, -0.25) is 0 Å². The summed E-state index contributed by atoms with van der Waals surface area (Å²) >= 11 is 0. The second-order valence-electron chi connectivity index (χ2n) is 10.8. The maximum Gasteiger partial charge on any atom is 0.416 e. The third-order valence-corrected chi connectivity index (χ3v) is 7.79. The minimum Gasteiger partial charge on any atom is -0.507 e. The standard InChI is InChI=1S/C36H24F6O4/c37-35(38,39)25-15-23(16-26(17-25)36(40,41)42)29-11-5-8-22(33(29)44)18-46-19-24-14-21-7-2-4-10-28(21)32(34(24)45)31-27-9-3-1-6-20(27)12-13-30(31)43/h1-17,43-45H,18-19H2. The Morgan fingerprint density at radius 2 is 1.11 bits per heavy atom. The summed E-state index contributed by atoms with van der Waals surface area (Å²) in [6, 6.07) is 24.9. The SMILES string of the molecule is Oc1ccc2ccccc2c1-c1c(O)c(COCc2cccc(-c3cc(C(F)(F)F)cc(C(F)(F)F)c3)c2O)cc2ccccc12. The van der Waals surface area contributed by atoms with Crippen molar-refractivity contribution in [2.24, 2.45) is 0 Å². The average Bonchev–Trinajstić information content (AvgIpc) is 3.01. The van der Waals surface area contributed by atoms with Crippen LogP contribution >= 0.6 is 0 Å². The van der Waals surface area contributed by atoms with E-state index in [9.17, 15) is 41.7 Å². The van der Waals surface area contributed by atoms with Gasteiger partial charge in [0, 0.05) is 27.8 Å². The highest BCUT2D eigenvalue weighted by Gasteiger charge is 2.37. The zero-order valence-electron chi connectivity index (χ0n) is 23.7. The third kappa shape index (κ3) is 5.79. The van der Waals surface area contributed by atoms with Gasteiger partial charge < -0.3 is 20.1 Å². The molecule has 0 heterocycles. The van der Waals surface area contributed by atoms with Gasteiger partial charge in [0.1, 0.15) is 17.2 Å². The summed E-state index contributed by atoms with van der Waals surface area (Å²) in [5.74, 6) is -0.728. The molecule has 0 aromatic heterocycles. The van der Waals surface area contributed by atoms with Gasteiger partial charge in [0.25, 0.3) is 0 Å². The van der Waals surface area contributed by atoms with Gasteiger partial charge in [-0.2, -0.15) is 26.3 Å². The molecule has 0 aliphatic carbocycles. The van der Waals surface area contributed by atoms with E-state index in [1.165, 1.54) is 18.2 Å². The molecule has 0 spiro atoms. The number of hydrogen-bond donors (Lipinski definition) is 3. The van der Waals surface area contributed by atoms with Crippen LogP contribution in [0.2, 0.25) is 0 Å². The first-order chi connectivity index (χ1) is 21.8. The highest BCUT2D eigenvalue weighted by Crippen LogP contribution is 2.46. The first-order valence-corrected chi connectivity index (χ1v) is 14.0. The molecule has 234 valence electrons. The summed E-state index contributed by atoms with van der Waals surface area (Å²) in [4.78, 5) is 0. The fourth-order valence-corrected chi connectivity index (χ4v) is 5.60. The molecule has 0 amide bonds. The predicted octanol–water partition coefficient (Wildman–Crippen LogP) is 10.2. The average molecular weight is 635 g/mol. The summed E-state index contributed by atoms with van der Waals surface area (Å²) in [6.07, 6.45) is -10.1. The summed E-state index contributed by atoms with van der Waals surface area (Å²) in [6.45, 7) is -0.466. The highest BCUT2D eigenvalue weighted by molar-refractivity contribution is 6.10. The molecule has 0 saturated heterocycles. The fourth-order valence-electron chi connectivity index (χ4n) is 5.60. The predicted molar refractivity (Wildman–Crippen MR) is 162 cm³/mol. The number of hydrogen-bond acceptors (Lipinski definition) is 4. The zero-order chi connectivity index (χ0) is 32.8. The van der Waals surface area contributed by atoms with Crippen LogP contribution in [0.4, 0.5) is 26.3 Å². The van der Waals surface area contributed by atoms with Gasteiger partial charge in [-0.25, -0.2) is 0 Å². The highest BCUT2D eigenvalue weighted by atomic mass is 19.4. The van der Waals surface area contributed by atoms with Gasteiger partial charge in [-0.15, -0.1) is 0 Å². The third-order valence-electron chi connectivity index (χ3n) is 7.79. The van der Waals surface area contributed by atoms with E-state index < -0.39 is 34.8 Å². The van der Waals surface area contributed by atoms with Crippen LogP contribution in [0, 0.1) is 0 Å². The molecule has 6 rings (SSSR count). The monoisotopic (exact) mass is 634 g/mol. The molecule has 0 aliphatic heterocycles. The first-order valence-electron chi connectivity index (χ1n) is 14.0. The zero-order valence-corrected chi connectivity index (χ0v) is 23.7. The topological polar surface area (TPSA) is 69.9 Å². The number of phenols is 3. The number of aromatic hydroxyl groups is 3. The van der Waals surface area contributed by atoms with Crippen LogP contribution in [0.3, 0.4) is 0 Å². The summed E-state index contributed by atoms with van der Waals surface area (Å²) < 4.78 is 86.5. The molecule has 6 aromatic rings. The smallest absolute Gasteiger partial charge is 0.416 e. The number of alkyl halides is 6. The van der Waals surface area contributed by atoms with Crippen LogP contribution in [0.15, 0.2) is 103 Å². The Labute approximate surface area is 258 Å². The van der Waals surface area contributed by atoms with Crippen molar-refractivity contribution >= 4 is 21.5 Å². The molecule has 0 radical (unpaired) electrons. The maximum absolute atomic E-state index is 13.4. The van der Waals surface area contributed by atoms with Crippen LogP contribution in [-0.2, 0) is 30.3 Å². The second kappa shape index (κ2) is 11.6. The summed E-state index contributed by atoms with van der Waals surface area (Å²) in [7, 11) is 0. The maximum atomic E-state index is 13.4. The number of rotatable bonds is 6. The molecule has 4 nitrogen and oxygen atoms in total. The van der Waals surface area contributed by atoms with Gasteiger partial charge >= 0.3 is 12.4 Å². The van der Waals surface area contributed by atoms with Crippen molar-refractivity contribution in [3.8, 4) is 39.5 Å². The van der Waals surface area contributed by atoms with Gasteiger partial charge in [-0.05, 0) is 57.4 Å². The molecule has 3 N–H and O–H groups in total. The van der Waals surface area contributed by atoms with Crippen molar-refractivity contribution in [3.05, 3.63) is 125 Å². The van der Waals surface area contributed by atoms with Crippen LogP contribution in [-0.4, -0.2) is 15.3 Å². The lowest BCUT2D eigenvalue weighted by Crippen LogP contribution is -2.11. The van der Waals surface area contributed by atoms with Gasteiger partial charge in [0.15, 0.2) is 0 Å². The molecule has 0 saturated carbocycles. The molecule has 0 atom stereocenters. The Bertz CT molecular complexity index is 2070. The number of fused-ring (bicyclic) bond motifs is 2. The van der Waals surface area contributed by atoms with Crippen molar-refractivity contribution in [3.63, 3.8) is 0 Å². The Morgan fingerprint density at radius 1 is 0.522 bits per heavy atom. The van der Waals surface area contributed by atoms with Crippen LogP contribution in [0.25, 0.3) is 43.8 Å². The van der Waals surface area contributed by atoms with Gasteiger partial charge in [0.2, 0.25) is 0 Å². The quantitative estimate of drug-likeness (QED) is 0.160. The summed E-state index contributed by atoms with van der Waals surface area (Å²) in [5, 5.41) is 36.4. The van der Waals surface area contributed by atoms with Gasteiger partial charge in [0.05, 0.1) is 24.3 Å². The van der Waals surface area contributed by atoms with Crippen LogP contribution in [0.5, 0.6) is 17.2 Å². The molecular formula is C36H24F6O4. The van der Waals surface area contributed by atoms with E-state index in [1.807, 2.05) is 42.5 Å². The van der Waals surface area contributed by atoms with E-state index in [0.29, 0.717) is 39.6 Å². The lowest BCUT2D eigenvalue weighted by atomic mass is 9.90. The molecule has 46 heavy (non-hydrogen) atoms. The Hall–Kier alpha value is -5.22. The Morgan fingerprint density at radius 3 is 1.76 bits per heavy atom. The Kier molecular flexibility index (Phi) is 7.77. The number of benzene rings is 6. The van der Waals surface area contributed by atoms with E-state index >= 15 is 0 Å². The van der Waals surface area contributed by atoms with E-state index in [0.717, 1.165) is 10.8 Å². The van der Waals surface area contributed by atoms with E-state index in [-0.39, 0.29) is 41.9 Å². The lowest BCUT2D eigenvalue weighted by molar-refractivity contribution is -0.143. The molecule has 0 unspecified atom stereocenters.